The van der Waals surface area contributed by atoms with Crippen molar-refractivity contribution < 1.29 is 5.11 Å². The Hall–Kier alpha value is -0.200. The first-order chi connectivity index (χ1) is 9.61. The molecule has 0 aromatic carbocycles. The van der Waals surface area contributed by atoms with Gasteiger partial charge in [0.1, 0.15) is 0 Å². The minimum absolute atomic E-state index is 0.268. The largest absolute Gasteiger partial charge is 0.395 e. The molecule has 1 heterocycles. The summed E-state index contributed by atoms with van der Waals surface area (Å²) in [5.41, 5.74) is 0. The molecule has 1 fully saturated rings. The van der Waals surface area contributed by atoms with E-state index in [0.717, 1.165) is 52.4 Å². The van der Waals surface area contributed by atoms with Gasteiger partial charge < -0.3 is 19.8 Å². The average molecular weight is 286 g/mol. The lowest BCUT2D eigenvalue weighted by atomic mass is 10.3. The van der Waals surface area contributed by atoms with Crippen LogP contribution in [0, 0.1) is 0 Å². The second-order valence-electron chi connectivity index (χ2n) is 6.18. The lowest BCUT2D eigenvalue weighted by Gasteiger charge is -2.28. The molecule has 0 unspecified atom stereocenters. The highest BCUT2D eigenvalue weighted by Crippen LogP contribution is 1.99. The highest BCUT2D eigenvalue weighted by Gasteiger charge is 2.09. The Kier molecular flexibility index (Phi) is 9.39. The Morgan fingerprint density at radius 1 is 0.650 bits per heavy atom. The average Bonchev–Trinajstić information content (AvgIpc) is 2.41. The molecule has 0 aromatic rings. The van der Waals surface area contributed by atoms with Crippen molar-refractivity contribution in [3.05, 3.63) is 0 Å². The molecule has 0 amide bonds. The van der Waals surface area contributed by atoms with E-state index in [2.05, 4.69) is 40.7 Å². The van der Waals surface area contributed by atoms with E-state index in [9.17, 15) is 0 Å². The Morgan fingerprint density at radius 2 is 1.10 bits per heavy atom. The van der Waals surface area contributed by atoms with Crippen molar-refractivity contribution in [2.45, 2.75) is 12.8 Å². The lowest BCUT2D eigenvalue weighted by Crippen LogP contribution is -2.39. The topological polar surface area (TPSA) is 33.2 Å². The quantitative estimate of drug-likeness (QED) is 0.765. The summed E-state index contributed by atoms with van der Waals surface area (Å²) in [6.07, 6.45) is 2.42. The number of hydrogen-bond donors (Lipinski definition) is 1. The van der Waals surface area contributed by atoms with Crippen LogP contribution < -0.4 is 0 Å². The zero-order chi connectivity index (χ0) is 14.8. The van der Waals surface area contributed by atoms with E-state index in [4.69, 9.17) is 5.11 Å². The number of hydrogen-bond acceptors (Lipinski definition) is 5. The van der Waals surface area contributed by atoms with Gasteiger partial charge in [-0.15, -0.1) is 0 Å². The van der Waals surface area contributed by atoms with Gasteiger partial charge in [-0.3, -0.25) is 4.90 Å². The summed E-state index contributed by atoms with van der Waals surface area (Å²) in [4.78, 5) is 9.66. The zero-order valence-electron chi connectivity index (χ0n) is 13.7. The van der Waals surface area contributed by atoms with Crippen LogP contribution in [0.15, 0.2) is 0 Å². The molecule has 1 rings (SSSR count). The Morgan fingerprint density at radius 3 is 1.60 bits per heavy atom. The molecule has 1 aliphatic rings. The maximum absolute atomic E-state index is 9.17. The van der Waals surface area contributed by atoms with Crippen LogP contribution >= 0.6 is 0 Å². The second kappa shape index (κ2) is 10.5. The number of nitrogens with zero attached hydrogens (tertiary/aromatic N) is 4. The summed E-state index contributed by atoms with van der Waals surface area (Å²) in [6, 6.07) is 0. The van der Waals surface area contributed by atoms with Gasteiger partial charge in [0.15, 0.2) is 0 Å². The van der Waals surface area contributed by atoms with E-state index in [0.29, 0.717) is 0 Å². The van der Waals surface area contributed by atoms with E-state index in [1.807, 2.05) is 0 Å². The molecular formula is C15H34N4O. The molecule has 1 N–H and O–H groups in total. The predicted octanol–water partition coefficient (Wildman–Crippen LogP) is -0.130. The van der Waals surface area contributed by atoms with E-state index >= 15 is 0 Å². The summed E-state index contributed by atoms with van der Waals surface area (Å²) in [7, 11) is 6.64. The third-order valence-corrected chi connectivity index (χ3v) is 4.17. The molecule has 0 aromatic heterocycles. The fourth-order valence-electron chi connectivity index (χ4n) is 2.64. The van der Waals surface area contributed by atoms with Gasteiger partial charge in [0, 0.05) is 32.7 Å². The molecule has 0 radical (unpaired) electrons. The molecule has 5 heteroatoms. The number of aliphatic hydroxyl groups is 1. The third-order valence-electron chi connectivity index (χ3n) is 4.17. The van der Waals surface area contributed by atoms with Gasteiger partial charge in [0.25, 0.3) is 0 Å². The molecule has 0 spiro atoms. The Labute approximate surface area is 125 Å². The summed E-state index contributed by atoms with van der Waals surface area (Å²) in [5.74, 6) is 0. The molecule has 120 valence electrons. The van der Waals surface area contributed by atoms with Crippen molar-refractivity contribution in [3.63, 3.8) is 0 Å². The van der Waals surface area contributed by atoms with Gasteiger partial charge >= 0.3 is 0 Å². The van der Waals surface area contributed by atoms with Crippen molar-refractivity contribution in [1.82, 2.24) is 19.6 Å². The second-order valence-corrected chi connectivity index (χ2v) is 6.18. The summed E-state index contributed by atoms with van der Waals surface area (Å²) < 4.78 is 0. The number of aliphatic hydroxyl groups excluding tert-OH is 1. The maximum Gasteiger partial charge on any atom is 0.0558 e. The first-order valence-electron chi connectivity index (χ1n) is 8.00. The highest BCUT2D eigenvalue weighted by molar-refractivity contribution is 4.65. The van der Waals surface area contributed by atoms with Crippen LogP contribution in [0.3, 0.4) is 0 Å². The fraction of sp³-hybridized carbons (Fsp3) is 1.00. The minimum atomic E-state index is 0.268. The van der Waals surface area contributed by atoms with E-state index in [1.165, 1.54) is 19.4 Å². The van der Waals surface area contributed by atoms with Gasteiger partial charge in [0.05, 0.1) is 6.61 Å². The molecule has 0 aliphatic carbocycles. The summed E-state index contributed by atoms with van der Waals surface area (Å²) in [6.45, 7) is 10.1. The van der Waals surface area contributed by atoms with Crippen molar-refractivity contribution in [3.8, 4) is 0 Å². The monoisotopic (exact) mass is 286 g/mol. The number of rotatable bonds is 2. The first-order valence-corrected chi connectivity index (χ1v) is 8.00. The maximum atomic E-state index is 9.17. The zero-order valence-corrected chi connectivity index (χ0v) is 13.7. The normalized spacial score (nSPS) is 24.6. The van der Waals surface area contributed by atoms with Gasteiger partial charge in [-0.2, -0.15) is 0 Å². The standard InChI is InChI=1S/C15H34N4O/c1-16-6-4-7-18(3)12-13-19(14-15-20)9-5-8-17(2)11-10-16/h20H,4-15H2,1-3H3. The van der Waals surface area contributed by atoms with Crippen LogP contribution in [-0.2, 0) is 0 Å². The number of likely N-dealkylation sites (N-methyl/N-ethyl adjacent to an activating group) is 3. The third kappa shape index (κ3) is 8.17. The summed E-state index contributed by atoms with van der Waals surface area (Å²) >= 11 is 0. The Balaban J connectivity index is 2.44. The van der Waals surface area contributed by atoms with Gasteiger partial charge in [0.2, 0.25) is 0 Å². The molecule has 20 heavy (non-hydrogen) atoms. The van der Waals surface area contributed by atoms with Gasteiger partial charge in [-0.1, -0.05) is 0 Å². The smallest absolute Gasteiger partial charge is 0.0558 e. The SMILES string of the molecule is CN1CCCN(C)CCN(CCO)CCCN(C)CC1. The molecule has 0 saturated carbocycles. The van der Waals surface area contributed by atoms with Crippen molar-refractivity contribution >= 4 is 0 Å². The first kappa shape index (κ1) is 17.9. The molecule has 5 nitrogen and oxygen atoms in total. The minimum Gasteiger partial charge on any atom is -0.395 e. The molecule has 0 bridgehead atoms. The molecule has 1 saturated heterocycles. The van der Waals surface area contributed by atoms with E-state index < -0.39 is 0 Å². The van der Waals surface area contributed by atoms with Crippen LogP contribution in [0.25, 0.3) is 0 Å². The molecule has 0 atom stereocenters. The van der Waals surface area contributed by atoms with Crippen LogP contribution in [-0.4, -0.2) is 111 Å². The Bertz CT molecular complexity index is 240. The van der Waals surface area contributed by atoms with Crippen molar-refractivity contribution in [2.24, 2.45) is 0 Å². The van der Waals surface area contributed by atoms with Crippen LogP contribution in [0.2, 0.25) is 0 Å². The van der Waals surface area contributed by atoms with Crippen molar-refractivity contribution in [2.75, 3.05) is 86.7 Å². The van der Waals surface area contributed by atoms with Gasteiger partial charge in [-0.05, 0) is 60.2 Å². The molecule has 1 aliphatic heterocycles. The summed E-state index contributed by atoms with van der Waals surface area (Å²) in [5, 5.41) is 9.17. The number of β-amino-alcohol motifs (C(OH)–C–C–N with tert-alkyl or cyclic N) is 1. The van der Waals surface area contributed by atoms with Gasteiger partial charge in [-0.25, -0.2) is 0 Å². The van der Waals surface area contributed by atoms with Crippen LogP contribution in [0.4, 0.5) is 0 Å². The van der Waals surface area contributed by atoms with Crippen molar-refractivity contribution in [1.29, 1.82) is 0 Å². The van der Waals surface area contributed by atoms with Crippen LogP contribution in [0.1, 0.15) is 12.8 Å². The molecular weight excluding hydrogens is 252 g/mol. The predicted molar refractivity (Wildman–Crippen MR) is 85.3 cm³/mol. The van der Waals surface area contributed by atoms with Crippen LogP contribution in [0.5, 0.6) is 0 Å². The van der Waals surface area contributed by atoms with E-state index in [1.54, 1.807) is 0 Å². The lowest BCUT2D eigenvalue weighted by molar-refractivity contribution is 0.162. The van der Waals surface area contributed by atoms with E-state index in [-0.39, 0.29) is 6.61 Å². The highest BCUT2D eigenvalue weighted by atomic mass is 16.3. The fourth-order valence-corrected chi connectivity index (χ4v) is 2.64.